The predicted molar refractivity (Wildman–Crippen MR) is 58.0 cm³/mol. The molecule has 0 fully saturated rings. The van der Waals surface area contributed by atoms with Gasteiger partial charge in [-0.1, -0.05) is 0 Å². The van der Waals surface area contributed by atoms with Crippen molar-refractivity contribution < 1.29 is 19.3 Å². The number of nitro groups is 1. The second kappa shape index (κ2) is 6.14. The summed E-state index contributed by atoms with van der Waals surface area (Å²) in [5, 5.41) is 12.2. The molecule has 1 atom stereocenters. The van der Waals surface area contributed by atoms with E-state index >= 15 is 0 Å². The fraction of sp³-hybridized carbons (Fsp3) is 0.778. The number of carbonyl (C=O) groups excluding carboxylic acids is 1. The lowest BCUT2D eigenvalue weighted by molar-refractivity contribution is -0.494. The van der Waals surface area contributed by atoms with Gasteiger partial charge in [0.1, 0.15) is 0 Å². The maximum Gasteiger partial charge on any atom is 0.390 e. The highest BCUT2D eigenvalue weighted by Crippen LogP contribution is 2.10. The summed E-state index contributed by atoms with van der Waals surface area (Å²) in [4.78, 5) is 30.7. The van der Waals surface area contributed by atoms with E-state index in [2.05, 4.69) is 9.73 Å². The summed E-state index contributed by atoms with van der Waals surface area (Å²) in [5.74, 6) is -0.914. The first-order valence-corrected chi connectivity index (χ1v) is 5.28. The Labute approximate surface area is 98.3 Å². The van der Waals surface area contributed by atoms with E-state index in [9.17, 15) is 14.9 Å². The van der Waals surface area contributed by atoms with Crippen molar-refractivity contribution in [3.05, 3.63) is 10.1 Å². The monoisotopic (exact) mass is 245 g/mol. The van der Waals surface area contributed by atoms with Crippen LogP contribution in [-0.2, 0) is 14.4 Å². The number of carbonyl (C=O) groups is 1. The third kappa shape index (κ3) is 3.13. The molecule has 0 amide bonds. The van der Waals surface area contributed by atoms with Crippen molar-refractivity contribution in [3.63, 3.8) is 0 Å². The first kappa shape index (κ1) is 13.4. The molecule has 1 rings (SSSR count). The minimum atomic E-state index is -1.62. The van der Waals surface area contributed by atoms with Crippen LogP contribution < -0.4 is 0 Å². The molecular weight excluding hydrogens is 230 g/mol. The summed E-state index contributed by atoms with van der Waals surface area (Å²) in [5.41, 5.74) is 0. The summed E-state index contributed by atoms with van der Waals surface area (Å²) >= 11 is 0. The number of ether oxygens (including phenoxy) is 1. The van der Waals surface area contributed by atoms with Crippen LogP contribution in [0.5, 0.6) is 0 Å². The van der Waals surface area contributed by atoms with Crippen LogP contribution in [0.15, 0.2) is 4.99 Å². The maximum atomic E-state index is 11.5. The van der Waals surface area contributed by atoms with E-state index in [-0.39, 0.29) is 12.4 Å². The molecule has 0 bridgehead atoms. The minimum Gasteiger partial charge on any atom is -0.461 e. The molecule has 1 heterocycles. The van der Waals surface area contributed by atoms with Gasteiger partial charge in [0.25, 0.3) is 0 Å². The zero-order chi connectivity index (χ0) is 12.8. The third-order valence-corrected chi connectivity index (χ3v) is 2.23. The number of nitrogens with zero attached hydrogens (tertiary/aromatic N) is 3. The number of hydrogen-bond acceptors (Lipinski definition) is 7. The van der Waals surface area contributed by atoms with Crippen LogP contribution in [0.1, 0.15) is 13.3 Å². The van der Waals surface area contributed by atoms with Gasteiger partial charge in [0, 0.05) is 18.0 Å². The van der Waals surface area contributed by atoms with E-state index < -0.39 is 16.9 Å². The van der Waals surface area contributed by atoms with Crippen LogP contribution >= 0.6 is 0 Å². The van der Waals surface area contributed by atoms with Gasteiger partial charge in [-0.25, -0.2) is 9.86 Å². The lowest BCUT2D eigenvalue weighted by Gasteiger charge is -2.26. The maximum absolute atomic E-state index is 11.5. The summed E-state index contributed by atoms with van der Waals surface area (Å²) in [7, 11) is 1.38. The van der Waals surface area contributed by atoms with Crippen LogP contribution in [0, 0.1) is 10.1 Å². The Morgan fingerprint density at radius 2 is 2.41 bits per heavy atom. The highest BCUT2D eigenvalue weighted by atomic mass is 16.7. The Morgan fingerprint density at radius 3 is 2.94 bits per heavy atom. The van der Waals surface area contributed by atoms with E-state index in [0.717, 1.165) is 6.42 Å². The van der Waals surface area contributed by atoms with Crippen molar-refractivity contribution in [1.82, 2.24) is 5.06 Å². The molecule has 96 valence electrons. The third-order valence-electron chi connectivity index (χ3n) is 2.23. The molecule has 17 heavy (non-hydrogen) atoms. The number of esters is 1. The van der Waals surface area contributed by atoms with Gasteiger partial charge in [0.15, 0.2) is 0 Å². The van der Waals surface area contributed by atoms with Crippen LogP contribution in [0.25, 0.3) is 0 Å². The molecule has 1 unspecified atom stereocenters. The minimum absolute atomic E-state index is 0.00204. The molecule has 0 aromatic carbocycles. The molecule has 0 saturated carbocycles. The van der Waals surface area contributed by atoms with Crippen molar-refractivity contribution >= 4 is 11.8 Å². The van der Waals surface area contributed by atoms with Gasteiger partial charge in [-0.05, 0) is 13.3 Å². The molecule has 8 nitrogen and oxygen atoms in total. The second-order valence-electron chi connectivity index (χ2n) is 3.32. The lowest BCUT2D eigenvalue weighted by Crippen LogP contribution is -2.49. The zero-order valence-corrected chi connectivity index (χ0v) is 9.79. The second-order valence-corrected chi connectivity index (χ2v) is 3.32. The first-order chi connectivity index (χ1) is 8.11. The lowest BCUT2D eigenvalue weighted by atomic mass is 10.2. The van der Waals surface area contributed by atoms with Gasteiger partial charge >= 0.3 is 12.0 Å². The molecule has 0 saturated heterocycles. The number of amidine groups is 1. The van der Waals surface area contributed by atoms with E-state index in [0.29, 0.717) is 13.1 Å². The molecule has 0 N–H and O–H groups in total. The topological polar surface area (TPSA) is 94.3 Å². The van der Waals surface area contributed by atoms with Crippen molar-refractivity contribution in [2.24, 2.45) is 4.99 Å². The van der Waals surface area contributed by atoms with Gasteiger partial charge in [-0.3, -0.25) is 19.9 Å². The van der Waals surface area contributed by atoms with Crippen LogP contribution in [0.4, 0.5) is 0 Å². The van der Waals surface area contributed by atoms with Crippen molar-refractivity contribution in [2.75, 3.05) is 26.8 Å². The first-order valence-electron chi connectivity index (χ1n) is 5.28. The van der Waals surface area contributed by atoms with Crippen LogP contribution in [0.2, 0.25) is 0 Å². The van der Waals surface area contributed by atoms with E-state index in [1.807, 2.05) is 0 Å². The highest BCUT2D eigenvalue weighted by molar-refractivity contribution is 6.03. The number of hydrogen-bond donors (Lipinski definition) is 0. The van der Waals surface area contributed by atoms with Crippen LogP contribution in [0.3, 0.4) is 0 Å². The molecule has 0 aromatic heterocycles. The standard InChI is InChI=1S/C9H15N3O5/c1-3-17-9(13)7(12(14)15)8-10-5-4-6-11(8)16-2/h7H,3-6H2,1-2H3. The van der Waals surface area contributed by atoms with Gasteiger partial charge in [0.2, 0.25) is 5.84 Å². The smallest absolute Gasteiger partial charge is 0.390 e. The quantitative estimate of drug-likeness (QED) is 0.380. The molecule has 0 radical (unpaired) electrons. The largest absolute Gasteiger partial charge is 0.461 e. The molecule has 0 aromatic rings. The van der Waals surface area contributed by atoms with Crippen molar-refractivity contribution in [3.8, 4) is 0 Å². The fourth-order valence-electron chi connectivity index (χ4n) is 1.52. The molecule has 1 aliphatic heterocycles. The van der Waals surface area contributed by atoms with Gasteiger partial charge in [-0.15, -0.1) is 0 Å². The molecule has 1 aliphatic rings. The highest BCUT2D eigenvalue weighted by Gasteiger charge is 2.41. The van der Waals surface area contributed by atoms with E-state index in [1.165, 1.54) is 12.2 Å². The Bertz CT molecular complexity index is 331. The summed E-state index contributed by atoms with van der Waals surface area (Å²) < 4.78 is 4.67. The zero-order valence-electron chi connectivity index (χ0n) is 9.79. The van der Waals surface area contributed by atoms with E-state index in [4.69, 9.17) is 4.84 Å². The van der Waals surface area contributed by atoms with E-state index in [1.54, 1.807) is 6.92 Å². The molecule has 0 aliphatic carbocycles. The van der Waals surface area contributed by atoms with Gasteiger partial charge < -0.3 is 4.74 Å². The number of rotatable bonds is 5. The Hall–Kier alpha value is -1.70. The molecular formula is C9H15N3O5. The predicted octanol–water partition coefficient (Wildman–Crippen LogP) is -0.140. The summed E-state index contributed by atoms with van der Waals surface area (Å²) in [6.07, 6.45) is 0.727. The molecule has 8 heteroatoms. The average Bonchev–Trinajstić information content (AvgIpc) is 2.30. The Balaban J connectivity index is 2.93. The Morgan fingerprint density at radius 1 is 1.71 bits per heavy atom. The molecule has 0 spiro atoms. The average molecular weight is 245 g/mol. The van der Waals surface area contributed by atoms with Gasteiger partial charge in [-0.2, -0.15) is 0 Å². The number of aliphatic imine (C=N–C) groups is 1. The van der Waals surface area contributed by atoms with Gasteiger partial charge in [0.05, 0.1) is 13.7 Å². The SMILES string of the molecule is CCOC(=O)C(C1=NCCCN1OC)[N+](=O)[O-]. The van der Waals surface area contributed by atoms with Crippen molar-refractivity contribution in [2.45, 2.75) is 19.4 Å². The van der Waals surface area contributed by atoms with Crippen LogP contribution in [-0.4, -0.2) is 54.6 Å². The Kier molecular flexibility index (Phi) is 4.83. The van der Waals surface area contributed by atoms with Crippen molar-refractivity contribution in [1.29, 1.82) is 0 Å². The fourth-order valence-corrected chi connectivity index (χ4v) is 1.52. The normalized spacial score (nSPS) is 17.3. The number of hydroxylamine groups is 2. The summed E-state index contributed by atoms with van der Waals surface area (Å²) in [6, 6.07) is -1.62. The summed E-state index contributed by atoms with van der Waals surface area (Å²) in [6.45, 7) is 2.59.